The minimum Gasteiger partial charge on any atom is -0.393 e. The molecule has 8 atom stereocenters. The molecule has 0 amide bonds. The van der Waals surface area contributed by atoms with Gasteiger partial charge >= 0.3 is 0 Å². The van der Waals surface area contributed by atoms with Crippen LogP contribution < -0.4 is 0 Å². The second-order valence-electron chi connectivity index (χ2n) is 10.6. The Labute approximate surface area is 147 Å². The van der Waals surface area contributed by atoms with Crippen molar-refractivity contribution in [1.82, 2.24) is 0 Å². The second-order valence-corrected chi connectivity index (χ2v) is 10.6. The number of rotatable bonds is 1. The molecular weight excluding hydrogens is 296 g/mol. The lowest BCUT2D eigenvalue weighted by Gasteiger charge is -2.65. The van der Waals surface area contributed by atoms with Crippen LogP contribution in [0.15, 0.2) is 0 Å². The van der Waals surface area contributed by atoms with E-state index >= 15 is 0 Å². The Hall–Kier alpha value is -0.370. The number of aliphatic hydroxyl groups is 1. The van der Waals surface area contributed by atoms with Gasteiger partial charge in [-0.2, -0.15) is 0 Å². The number of carbonyl (C=O) groups is 1. The molecule has 2 nitrogen and oxygen atoms in total. The van der Waals surface area contributed by atoms with Crippen LogP contribution in [0.5, 0.6) is 0 Å². The molecule has 4 aliphatic rings. The molecule has 0 heterocycles. The lowest BCUT2D eigenvalue weighted by Crippen LogP contribution is -2.58. The monoisotopic (exact) mass is 332 g/mol. The van der Waals surface area contributed by atoms with Crippen LogP contribution in [0.1, 0.15) is 85.5 Å². The molecule has 4 rings (SSSR count). The van der Waals surface area contributed by atoms with Gasteiger partial charge in [-0.3, -0.25) is 4.79 Å². The van der Waals surface area contributed by atoms with Crippen molar-refractivity contribution in [2.24, 2.45) is 39.9 Å². The zero-order valence-corrected chi connectivity index (χ0v) is 16.1. The van der Waals surface area contributed by atoms with E-state index < -0.39 is 0 Å². The third-order valence-electron chi connectivity index (χ3n) is 9.84. The molecule has 4 aliphatic carbocycles. The zero-order valence-electron chi connectivity index (χ0n) is 16.1. The fourth-order valence-corrected chi connectivity index (χ4v) is 8.28. The smallest absolute Gasteiger partial charge is 0.133 e. The predicted octanol–water partition coefficient (Wildman–Crippen LogP) is 4.99. The van der Waals surface area contributed by atoms with E-state index in [9.17, 15) is 9.90 Å². The average Bonchev–Trinajstić information content (AvgIpc) is 2.86. The number of fused-ring (bicyclic) bond motifs is 5. The van der Waals surface area contributed by atoms with Crippen LogP contribution in [0, 0.1) is 39.9 Å². The molecule has 0 spiro atoms. The third kappa shape index (κ3) is 2.07. The van der Waals surface area contributed by atoms with Crippen molar-refractivity contribution in [3.8, 4) is 0 Å². The summed E-state index contributed by atoms with van der Waals surface area (Å²) in [6.45, 7) is 9.28. The van der Waals surface area contributed by atoms with E-state index in [0.29, 0.717) is 22.5 Å². The topological polar surface area (TPSA) is 37.3 Å². The third-order valence-corrected chi connectivity index (χ3v) is 9.84. The number of ketones is 1. The zero-order chi connectivity index (χ0) is 17.3. The standard InChI is InChI=1S/C22H36O2/c1-14(23)17-5-6-18-16-8-10-20(2)13-15(24)7-12-22(20,4)19(16)9-11-21(17,18)3/h15-19,24H,5-13H2,1-4H3/t15-,16-,17+,18-,19-,20+,21+,22+/m0/s1. The van der Waals surface area contributed by atoms with Crippen LogP contribution in [-0.2, 0) is 4.79 Å². The molecule has 4 fully saturated rings. The van der Waals surface area contributed by atoms with Gasteiger partial charge in [0.25, 0.3) is 0 Å². The van der Waals surface area contributed by atoms with Gasteiger partial charge in [0.2, 0.25) is 0 Å². The summed E-state index contributed by atoms with van der Waals surface area (Å²) in [7, 11) is 0. The Morgan fingerprint density at radius 1 is 0.917 bits per heavy atom. The van der Waals surface area contributed by atoms with Gasteiger partial charge in [-0.25, -0.2) is 0 Å². The Morgan fingerprint density at radius 3 is 2.38 bits per heavy atom. The van der Waals surface area contributed by atoms with Crippen molar-refractivity contribution in [2.45, 2.75) is 91.6 Å². The van der Waals surface area contributed by atoms with Gasteiger partial charge in [-0.05, 0) is 98.7 Å². The largest absolute Gasteiger partial charge is 0.393 e. The van der Waals surface area contributed by atoms with Crippen molar-refractivity contribution >= 4 is 5.78 Å². The maximum atomic E-state index is 12.2. The normalized spacial score (nSPS) is 57.0. The summed E-state index contributed by atoms with van der Waals surface area (Å²) < 4.78 is 0. The summed E-state index contributed by atoms with van der Waals surface area (Å²) in [5, 5.41) is 10.3. The molecular formula is C22H36O2. The molecule has 0 unspecified atom stereocenters. The predicted molar refractivity (Wildman–Crippen MR) is 96.5 cm³/mol. The quantitative estimate of drug-likeness (QED) is 0.735. The highest BCUT2D eigenvalue weighted by molar-refractivity contribution is 5.79. The van der Waals surface area contributed by atoms with Crippen molar-refractivity contribution < 1.29 is 9.90 Å². The number of hydrogen-bond acceptors (Lipinski definition) is 2. The van der Waals surface area contributed by atoms with Crippen molar-refractivity contribution in [2.75, 3.05) is 0 Å². The van der Waals surface area contributed by atoms with Gasteiger partial charge in [-0.1, -0.05) is 20.8 Å². The van der Waals surface area contributed by atoms with Gasteiger partial charge < -0.3 is 5.11 Å². The maximum absolute atomic E-state index is 12.2. The van der Waals surface area contributed by atoms with Gasteiger partial charge in [-0.15, -0.1) is 0 Å². The summed E-state index contributed by atoms with van der Waals surface area (Å²) in [6.07, 6.45) is 10.7. The van der Waals surface area contributed by atoms with Gasteiger partial charge in [0.05, 0.1) is 6.10 Å². The molecule has 1 N–H and O–H groups in total. The molecule has 0 bridgehead atoms. The number of aliphatic hydroxyl groups excluding tert-OH is 1. The van der Waals surface area contributed by atoms with Crippen molar-refractivity contribution in [3.63, 3.8) is 0 Å². The Bertz CT molecular complexity index is 542. The first kappa shape index (κ1) is 17.1. The van der Waals surface area contributed by atoms with Crippen LogP contribution in [-0.4, -0.2) is 17.0 Å². The van der Waals surface area contributed by atoms with Gasteiger partial charge in [0.1, 0.15) is 5.78 Å². The van der Waals surface area contributed by atoms with Crippen LogP contribution in [0.25, 0.3) is 0 Å². The van der Waals surface area contributed by atoms with E-state index in [1.165, 1.54) is 38.5 Å². The SMILES string of the molecule is CC(=O)[C@H]1CC[C@H]2[C@@H]3CC[C@]4(C)C[C@@H](O)CC[C@]4(C)[C@H]3CC[C@]12C. The van der Waals surface area contributed by atoms with Crippen LogP contribution in [0.3, 0.4) is 0 Å². The molecule has 136 valence electrons. The lowest BCUT2D eigenvalue weighted by atomic mass is 9.40. The maximum Gasteiger partial charge on any atom is 0.133 e. The highest BCUT2D eigenvalue weighted by atomic mass is 16.3. The lowest BCUT2D eigenvalue weighted by molar-refractivity contribution is -0.171. The van der Waals surface area contributed by atoms with E-state index in [2.05, 4.69) is 20.8 Å². The summed E-state index contributed by atoms with van der Waals surface area (Å²) >= 11 is 0. The highest BCUT2D eigenvalue weighted by Gasteiger charge is 2.63. The second kappa shape index (κ2) is 5.32. The minimum absolute atomic E-state index is 0.0814. The average molecular weight is 333 g/mol. The first-order chi connectivity index (χ1) is 11.2. The van der Waals surface area contributed by atoms with Crippen LogP contribution in [0.4, 0.5) is 0 Å². The first-order valence-electron chi connectivity index (χ1n) is 10.4. The molecule has 0 aliphatic heterocycles. The Balaban J connectivity index is 1.65. The van der Waals surface area contributed by atoms with Crippen LogP contribution in [0.2, 0.25) is 0 Å². The van der Waals surface area contributed by atoms with Crippen molar-refractivity contribution in [3.05, 3.63) is 0 Å². The van der Waals surface area contributed by atoms with E-state index in [1.54, 1.807) is 0 Å². The number of carbonyl (C=O) groups excluding carboxylic acids is 1. The molecule has 4 saturated carbocycles. The van der Waals surface area contributed by atoms with Crippen LogP contribution >= 0.6 is 0 Å². The molecule has 2 heteroatoms. The van der Waals surface area contributed by atoms with Crippen molar-refractivity contribution in [1.29, 1.82) is 0 Å². The van der Waals surface area contributed by atoms with E-state index in [1.807, 2.05) is 6.92 Å². The minimum atomic E-state index is -0.0814. The summed E-state index contributed by atoms with van der Waals surface area (Å²) in [5.41, 5.74) is 0.980. The molecule has 0 radical (unpaired) electrons. The fraction of sp³-hybridized carbons (Fsp3) is 0.955. The summed E-state index contributed by atoms with van der Waals surface area (Å²) in [5.74, 6) is 3.15. The summed E-state index contributed by atoms with van der Waals surface area (Å²) in [6, 6.07) is 0. The van der Waals surface area contributed by atoms with Gasteiger partial charge in [0, 0.05) is 5.92 Å². The number of hydrogen-bond donors (Lipinski definition) is 1. The summed E-state index contributed by atoms with van der Waals surface area (Å²) in [4.78, 5) is 12.2. The fourth-order valence-electron chi connectivity index (χ4n) is 8.28. The Kier molecular flexibility index (Phi) is 3.78. The van der Waals surface area contributed by atoms with E-state index in [4.69, 9.17) is 0 Å². The molecule has 0 aromatic rings. The van der Waals surface area contributed by atoms with Gasteiger partial charge in [0.15, 0.2) is 0 Å². The Morgan fingerprint density at radius 2 is 1.67 bits per heavy atom. The molecule has 0 aromatic carbocycles. The number of Topliss-reactive ketones (excluding diaryl/α,β-unsaturated/α-hetero) is 1. The molecule has 24 heavy (non-hydrogen) atoms. The van der Waals surface area contributed by atoms with E-state index in [0.717, 1.165) is 37.0 Å². The first-order valence-corrected chi connectivity index (χ1v) is 10.4. The van der Waals surface area contributed by atoms with E-state index in [-0.39, 0.29) is 11.5 Å². The molecule has 0 aromatic heterocycles. The molecule has 0 saturated heterocycles. The highest BCUT2D eigenvalue weighted by Crippen LogP contribution is 2.70.